The smallest absolute Gasteiger partial charge is 0.272 e. The molecule has 182 valence electrons. The van der Waals surface area contributed by atoms with E-state index in [-0.39, 0.29) is 22.6 Å². The van der Waals surface area contributed by atoms with Gasteiger partial charge in [-0.2, -0.15) is 0 Å². The first-order valence-electron chi connectivity index (χ1n) is 11.7. The molecule has 1 aromatic carbocycles. The van der Waals surface area contributed by atoms with Gasteiger partial charge in [-0.15, -0.1) is 4.98 Å². The van der Waals surface area contributed by atoms with Crippen LogP contribution in [0.2, 0.25) is 0 Å². The second-order valence-corrected chi connectivity index (χ2v) is 9.37. The van der Waals surface area contributed by atoms with Crippen molar-refractivity contribution in [1.82, 2.24) is 9.88 Å². The second-order valence-electron chi connectivity index (χ2n) is 9.01. The topological polar surface area (TPSA) is 62.5 Å². The lowest BCUT2D eigenvalue weighted by Gasteiger charge is -2.43. The van der Waals surface area contributed by atoms with E-state index in [0.717, 1.165) is 19.5 Å². The number of hydrogen-bond donors (Lipinski definition) is 0. The zero-order chi connectivity index (χ0) is 24.6. The third-order valence-electron chi connectivity index (χ3n) is 6.94. The summed E-state index contributed by atoms with van der Waals surface area (Å²) in [5, 5.41) is 0.284. The summed E-state index contributed by atoms with van der Waals surface area (Å²) >= 11 is 5.75. The molecule has 1 amide bonds. The standard InChI is InChI=1S/C25H26FN5O3S/c1-17-14-19(16-28-22(17)27-2)30-23(32)25(6-3-7-25)31(24(30)35)18-4-5-21(20(26)15-18)34-13-10-29-8-11-33-12-9-29/h4-5,14-16H,3,6-13H2,1H3. The molecule has 3 heterocycles. The van der Waals surface area contributed by atoms with Crippen molar-refractivity contribution in [2.75, 3.05) is 49.3 Å². The van der Waals surface area contributed by atoms with Crippen LogP contribution in [0.3, 0.4) is 0 Å². The molecule has 3 aliphatic rings. The molecule has 3 fully saturated rings. The highest BCUT2D eigenvalue weighted by Gasteiger charge is 2.59. The average molecular weight is 496 g/mol. The molecule has 0 bridgehead atoms. The van der Waals surface area contributed by atoms with Gasteiger partial charge in [-0.1, -0.05) is 6.57 Å². The summed E-state index contributed by atoms with van der Waals surface area (Å²) in [6, 6.07) is 6.48. The summed E-state index contributed by atoms with van der Waals surface area (Å²) in [6.07, 6.45) is 3.65. The molecule has 10 heteroatoms. The molecule has 0 radical (unpaired) electrons. The number of nitrogens with zero attached hydrogens (tertiary/aromatic N) is 5. The van der Waals surface area contributed by atoms with Crippen LogP contribution in [0.4, 0.5) is 21.6 Å². The Morgan fingerprint density at radius 1 is 1.26 bits per heavy atom. The van der Waals surface area contributed by atoms with E-state index in [0.29, 0.717) is 56.1 Å². The fraction of sp³-hybridized carbons (Fsp3) is 0.440. The van der Waals surface area contributed by atoms with Gasteiger partial charge in [0.1, 0.15) is 18.3 Å². The zero-order valence-electron chi connectivity index (χ0n) is 19.5. The Labute approximate surface area is 209 Å². The van der Waals surface area contributed by atoms with E-state index in [4.69, 9.17) is 28.3 Å². The normalized spacial score (nSPS) is 19.7. The molecule has 0 atom stereocenters. The maximum Gasteiger partial charge on any atom is 0.272 e. The van der Waals surface area contributed by atoms with Gasteiger partial charge in [0.15, 0.2) is 16.7 Å². The number of pyridine rings is 1. The molecule has 1 saturated carbocycles. The molecule has 1 aromatic heterocycles. The molecule has 8 nitrogen and oxygen atoms in total. The molecule has 35 heavy (non-hydrogen) atoms. The number of aryl methyl sites for hydroxylation is 1. The molecule has 2 aliphatic heterocycles. The van der Waals surface area contributed by atoms with Crippen molar-refractivity contribution in [1.29, 1.82) is 0 Å². The van der Waals surface area contributed by atoms with Crippen LogP contribution in [-0.2, 0) is 9.53 Å². The minimum atomic E-state index is -0.825. The van der Waals surface area contributed by atoms with Crippen molar-refractivity contribution in [3.63, 3.8) is 0 Å². The van der Waals surface area contributed by atoms with Crippen LogP contribution < -0.4 is 14.5 Å². The number of halogens is 1. The van der Waals surface area contributed by atoms with Crippen LogP contribution in [0.1, 0.15) is 24.8 Å². The summed E-state index contributed by atoms with van der Waals surface area (Å²) in [5.41, 5.74) is 0.876. The molecule has 2 saturated heterocycles. The summed E-state index contributed by atoms with van der Waals surface area (Å²) in [7, 11) is 0. The minimum Gasteiger partial charge on any atom is -0.489 e. The second kappa shape index (κ2) is 9.49. The number of ether oxygens (including phenoxy) is 2. The average Bonchev–Trinajstić information content (AvgIpc) is 3.07. The van der Waals surface area contributed by atoms with Gasteiger partial charge in [0.05, 0.1) is 18.9 Å². The third kappa shape index (κ3) is 4.14. The van der Waals surface area contributed by atoms with Crippen LogP contribution >= 0.6 is 12.2 Å². The van der Waals surface area contributed by atoms with Crippen molar-refractivity contribution in [2.45, 2.75) is 31.7 Å². The van der Waals surface area contributed by atoms with Crippen molar-refractivity contribution < 1.29 is 18.7 Å². The summed E-state index contributed by atoms with van der Waals surface area (Å²) in [6.45, 7) is 13.2. The van der Waals surface area contributed by atoms with E-state index in [1.54, 1.807) is 30.0 Å². The Hall–Kier alpha value is -3.13. The highest BCUT2D eigenvalue weighted by molar-refractivity contribution is 7.81. The molecular formula is C25H26FN5O3S. The molecule has 5 rings (SSSR count). The van der Waals surface area contributed by atoms with Gasteiger partial charge >= 0.3 is 0 Å². The highest BCUT2D eigenvalue weighted by Crippen LogP contribution is 2.48. The Morgan fingerprint density at radius 2 is 2.03 bits per heavy atom. The zero-order valence-corrected chi connectivity index (χ0v) is 20.3. The SMILES string of the molecule is [C-]#[N+]c1ncc(N2C(=O)C3(CCC3)N(c3ccc(OCCN4CCOCC4)c(F)c3)C2=S)cc1C. The first kappa shape index (κ1) is 23.6. The summed E-state index contributed by atoms with van der Waals surface area (Å²) < 4.78 is 26.1. The number of anilines is 2. The van der Waals surface area contributed by atoms with Gasteiger partial charge in [0, 0.05) is 31.4 Å². The number of benzene rings is 1. The number of amides is 1. The predicted octanol–water partition coefficient (Wildman–Crippen LogP) is 3.85. The number of carbonyl (C=O) groups excluding carboxylic acids is 1. The monoisotopic (exact) mass is 495 g/mol. The first-order chi connectivity index (χ1) is 16.9. The number of aromatic nitrogens is 1. The Morgan fingerprint density at radius 3 is 2.66 bits per heavy atom. The van der Waals surface area contributed by atoms with Crippen molar-refractivity contribution in [3.05, 3.63) is 53.3 Å². The molecule has 1 spiro atoms. The summed E-state index contributed by atoms with van der Waals surface area (Å²) in [5.74, 6) is -0.177. The molecule has 1 aliphatic carbocycles. The Balaban J connectivity index is 1.37. The van der Waals surface area contributed by atoms with E-state index in [2.05, 4.69) is 14.7 Å². The number of hydrogen-bond acceptors (Lipinski definition) is 6. The lowest BCUT2D eigenvalue weighted by molar-refractivity contribution is -0.123. The van der Waals surface area contributed by atoms with Crippen molar-refractivity contribution in [3.8, 4) is 5.75 Å². The van der Waals surface area contributed by atoms with Gasteiger partial charge in [0.2, 0.25) is 0 Å². The quantitative estimate of drug-likeness (QED) is 0.446. The number of carbonyl (C=O) groups is 1. The van der Waals surface area contributed by atoms with Crippen LogP contribution in [-0.4, -0.2) is 65.9 Å². The fourth-order valence-electron chi connectivity index (χ4n) is 4.86. The maximum absolute atomic E-state index is 15.1. The lowest BCUT2D eigenvalue weighted by Crippen LogP contribution is -2.55. The van der Waals surface area contributed by atoms with E-state index in [1.165, 1.54) is 17.2 Å². The number of morpholine rings is 1. The van der Waals surface area contributed by atoms with Gasteiger partial charge < -0.3 is 19.2 Å². The molecule has 0 unspecified atom stereocenters. The Kier molecular flexibility index (Phi) is 6.40. The van der Waals surface area contributed by atoms with Crippen molar-refractivity contribution >= 4 is 40.4 Å². The summed E-state index contributed by atoms with van der Waals surface area (Å²) in [4.78, 5) is 26.6. The van der Waals surface area contributed by atoms with Crippen LogP contribution in [0.5, 0.6) is 5.75 Å². The third-order valence-corrected chi connectivity index (χ3v) is 7.30. The highest BCUT2D eigenvalue weighted by atomic mass is 32.1. The van der Waals surface area contributed by atoms with Crippen LogP contribution in [0.25, 0.3) is 4.85 Å². The van der Waals surface area contributed by atoms with E-state index in [1.807, 2.05) is 0 Å². The van der Waals surface area contributed by atoms with Gasteiger partial charge in [0.25, 0.3) is 11.7 Å². The predicted molar refractivity (Wildman–Crippen MR) is 134 cm³/mol. The van der Waals surface area contributed by atoms with E-state index in [9.17, 15) is 4.79 Å². The van der Waals surface area contributed by atoms with Gasteiger partial charge in [-0.05, 0) is 62.2 Å². The minimum absolute atomic E-state index is 0.142. The number of thiocarbonyl (C=S) groups is 1. The molecule has 2 aromatic rings. The lowest BCUT2D eigenvalue weighted by atomic mass is 9.75. The largest absolute Gasteiger partial charge is 0.489 e. The van der Waals surface area contributed by atoms with Gasteiger partial charge in [-0.25, -0.2) is 4.39 Å². The molecular weight excluding hydrogens is 469 g/mol. The molecule has 0 N–H and O–H groups in total. The maximum atomic E-state index is 15.1. The van der Waals surface area contributed by atoms with Crippen molar-refractivity contribution in [2.24, 2.45) is 0 Å². The van der Waals surface area contributed by atoms with E-state index < -0.39 is 11.4 Å². The van der Waals surface area contributed by atoms with Gasteiger partial charge in [-0.3, -0.25) is 14.6 Å². The fourth-order valence-corrected chi connectivity index (χ4v) is 5.32. The van der Waals surface area contributed by atoms with Crippen LogP contribution in [0.15, 0.2) is 30.5 Å². The van der Waals surface area contributed by atoms with E-state index >= 15 is 4.39 Å². The Bertz CT molecular complexity index is 1210. The van der Waals surface area contributed by atoms with Crippen LogP contribution in [0, 0.1) is 19.3 Å². The number of rotatable bonds is 6. The first-order valence-corrected chi connectivity index (χ1v) is 12.1.